The molecule has 0 bridgehead atoms. The van der Waals surface area contributed by atoms with Crippen LogP contribution in [0.15, 0.2) is 158 Å². The third-order valence-electron chi connectivity index (χ3n) is 14.7. The van der Waals surface area contributed by atoms with Gasteiger partial charge in [0.15, 0.2) is 0 Å². The molecule has 0 radical (unpaired) electrons. The van der Waals surface area contributed by atoms with Crippen molar-refractivity contribution in [2.75, 3.05) is 4.90 Å². The predicted molar refractivity (Wildman–Crippen MR) is 313 cm³/mol. The van der Waals surface area contributed by atoms with Crippen molar-refractivity contribution in [3.63, 3.8) is 0 Å². The number of fused-ring (bicyclic) bond motifs is 5. The van der Waals surface area contributed by atoms with Crippen LogP contribution in [-0.4, -0.2) is 0 Å². The molecule has 1 aliphatic rings. The molecule has 0 saturated carbocycles. The van der Waals surface area contributed by atoms with Crippen molar-refractivity contribution < 1.29 is 0 Å². The number of benzene rings is 9. The lowest BCUT2D eigenvalue weighted by molar-refractivity contribution is 0.660. The van der Waals surface area contributed by atoms with E-state index in [0.717, 1.165) is 0 Å². The number of anilines is 3. The summed E-state index contributed by atoms with van der Waals surface area (Å²) in [5, 5.41) is 2.59. The largest absolute Gasteiger partial charge is 0.309 e. The van der Waals surface area contributed by atoms with Crippen LogP contribution in [0.4, 0.5) is 17.1 Å². The van der Waals surface area contributed by atoms with Gasteiger partial charge in [-0.25, -0.2) is 0 Å². The van der Waals surface area contributed by atoms with Gasteiger partial charge < -0.3 is 4.90 Å². The summed E-state index contributed by atoms with van der Waals surface area (Å²) in [6.07, 6.45) is 0. The summed E-state index contributed by atoms with van der Waals surface area (Å²) in [4.78, 5) is 2.53. The van der Waals surface area contributed by atoms with Crippen molar-refractivity contribution in [3.8, 4) is 33.4 Å². The van der Waals surface area contributed by atoms with E-state index in [1.54, 1.807) is 0 Å². The summed E-state index contributed by atoms with van der Waals surface area (Å²) in [5.74, 6) is 0. The molecule has 0 aliphatic heterocycles. The van der Waals surface area contributed by atoms with Crippen LogP contribution in [0, 0.1) is 90.0 Å². The Hall–Kier alpha value is -6.96. The lowest BCUT2D eigenvalue weighted by atomic mass is 9.81. The van der Waals surface area contributed by atoms with Gasteiger partial charge in [-0.2, -0.15) is 0 Å². The Morgan fingerprint density at radius 3 is 1.27 bits per heavy atom. The Morgan fingerprint density at radius 2 is 0.746 bits per heavy atom. The molecule has 0 heterocycles. The summed E-state index contributed by atoms with van der Waals surface area (Å²) < 4.78 is 0. The van der Waals surface area contributed by atoms with Gasteiger partial charge >= 0.3 is 0 Å². The predicted octanol–water partition coefficient (Wildman–Crippen LogP) is 20.4. The molecule has 1 heteroatoms. The molecule has 9 aromatic carbocycles. The van der Waals surface area contributed by atoms with Crippen LogP contribution < -0.4 is 4.90 Å². The molecular formula is C70H77N. The lowest BCUT2D eigenvalue weighted by Gasteiger charge is -2.32. The molecule has 0 N–H and O–H groups in total. The average Bonchev–Trinajstić information content (AvgIpc) is 3.55. The van der Waals surface area contributed by atoms with Gasteiger partial charge in [-0.05, 0) is 208 Å². The van der Waals surface area contributed by atoms with Crippen molar-refractivity contribution in [1.82, 2.24) is 0 Å². The topological polar surface area (TPSA) is 3.24 Å². The van der Waals surface area contributed by atoms with Crippen LogP contribution in [0.2, 0.25) is 0 Å². The van der Waals surface area contributed by atoms with E-state index >= 15 is 0 Å². The van der Waals surface area contributed by atoms with Crippen LogP contribution >= 0.6 is 0 Å². The Bertz CT molecular complexity index is 3350. The number of hydrogen-bond acceptors (Lipinski definition) is 1. The average molecular weight is 932 g/mol. The molecule has 10 rings (SSSR count). The smallest absolute Gasteiger partial charge is 0.0543 e. The Kier molecular flexibility index (Phi) is 15.8. The van der Waals surface area contributed by atoms with E-state index in [1.807, 2.05) is 13.8 Å². The van der Waals surface area contributed by atoms with E-state index in [1.165, 1.54) is 145 Å². The minimum atomic E-state index is -0.108. The maximum atomic E-state index is 2.53. The molecule has 71 heavy (non-hydrogen) atoms. The molecule has 0 amide bonds. The van der Waals surface area contributed by atoms with Crippen LogP contribution in [0.1, 0.15) is 111 Å². The van der Waals surface area contributed by atoms with E-state index < -0.39 is 0 Å². The second kappa shape index (κ2) is 21.6. The summed E-state index contributed by atoms with van der Waals surface area (Å²) in [5.41, 5.74) is 31.7. The Morgan fingerprint density at radius 1 is 0.324 bits per heavy atom. The van der Waals surface area contributed by atoms with Crippen LogP contribution in [0.3, 0.4) is 0 Å². The van der Waals surface area contributed by atoms with Gasteiger partial charge in [0.1, 0.15) is 0 Å². The first-order chi connectivity index (χ1) is 33.8. The highest BCUT2D eigenvalue weighted by Crippen LogP contribution is 2.55. The Labute approximate surface area is 428 Å². The molecule has 362 valence electrons. The van der Waals surface area contributed by atoms with E-state index in [4.69, 9.17) is 0 Å². The molecule has 0 saturated heterocycles. The molecule has 0 aromatic heterocycles. The molecule has 0 fully saturated rings. The van der Waals surface area contributed by atoms with Crippen molar-refractivity contribution >= 4 is 27.8 Å². The van der Waals surface area contributed by atoms with E-state index in [-0.39, 0.29) is 5.41 Å². The molecule has 0 unspecified atom stereocenters. The van der Waals surface area contributed by atoms with Gasteiger partial charge in [-0.3, -0.25) is 0 Å². The van der Waals surface area contributed by atoms with Crippen molar-refractivity contribution in [2.24, 2.45) is 0 Å². The van der Waals surface area contributed by atoms with Gasteiger partial charge in [-0.1, -0.05) is 189 Å². The highest BCUT2D eigenvalue weighted by molar-refractivity contribution is 6.10. The van der Waals surface area contributed by atoms with E-state index in [2.05, 4.69) is 266 Å². The van der Waals surface area contributed by atoms with E-state index in [0.29, 0.717) is 0 Å². The van der Waals surface area contributed by atoms with Gasteiger partial charge in [0, 0.05) is 16.5 Å². The number of aryl methyl sites for hydroxylation is 12. The first kappa shape index (κ1) is 51.9. The van der Waals surface area contributed by atoms with Gasteiger partial charge in [-0.15, -0.1) is 0 Å². The summed E-state index contributed by atoms with van der Waals surface area (Å²) in [6.45, 7) is 37.3. The van der Waals surface area contributed by atoms with Crippen LogP contribution in [0.25, 0.3) is 44.2 Å². The van der Waals surface area contributed by atoms with Crippen LogP contribution in [-0.2, 0) is 5.41 Å². The standard InChI is InChI=1S/C43H41N.C15H16.C10H14.C2H6/c1-26-17-19-37-38(23-26)43(7,8)39-25-40(35-15-11-12-16-36(35)41(37)39)44(42-30(5)21-27(2)22-31(42)6)32-18-20-34(29(4)24-32)33-14-10-9-13-28(33)3;1-11-8-9-15(13(3)10-11)14-7-5-4-6-12(14)2;1-7-5-8(2)10(4)9(3)6-7;1-2/h9-25H,1-8H3;4-10H,1-3H3;5-6H,1-4H3;1-2H3. The molecule has 9 aromatic rings. The second-order valence-electron chi connectivity index (χ2n) is 20.6. The van der Waals surface area contributed by atoms with E-state index in [9.17, 15) is 0 Å². The lowest BCUT2D eigenvalue weighted by Crippen LogP contribution is -2.18. The van der Waals surface area contributed by atoms with Crippen molar-refractivity contribution in [2.45, 2.75) is 123 Å². The first-order valence-corrected chi connectivity index (χ1v) is 25.8. The summed E-state index contributed by atoms with van der Waals surface area (Å²) in [7, 11) is 0. The SMILES string of the molecule is CC.Cc1cc(C)c(C)c(C)c1.Cc1cc(C)c(N(c2ccc(-c3ccccc3C)c(C)c2)c2cc3c(c4ccccc24)-c2ccc(C)cc2C3(C)C)c(C)c1.Cc1ccc(-c2ccccc2C)c(C)c1. The van der Waals surface area contributed by atoms with Gasteiger partial charge in [0.05, 0.1) is 11.4 Å². The zero-order chi connectivity index (χ0) is 51.5. The summed E-state index contributed by atoms with van der Waals surface area (Å²) in [6, 6.07) is 58.5. The highest BCUT2D eigenvalue weighted by atomic mass is 15.1. The fourth-order valence-corrected chi connectivity index (χ4v) is 11.0. The normalized spacial score (nSPS) is 11.8. The minimum absolute atomic E-state index is 0.108. The Balaban J connectivity index is 0.000000223. The molecule has 0 atom stereocenters. The summed E-state index contributed by atoms with van der Waals surface area (Å²) >= 11 is 0. The zero-order valence-electron chi connectivity index (χ0n) is 46.0. The second-order valence-corrected chi connectivity index (χ2v) is 20.6. The van der Waals surface area contributed by atoms with Crippen LogP contribution in [0.5, 0.6) is 0 Å². The maximum Gasteiger partial charge on any atom is 0.0543 e. The monoisotopic (exact) mass is 932 g/mol. The quantitative estimate of drug-likeness (QED) is 0.166. The van der Waals surface area contributed by atoms with Crippen molar-refractivity contribution in [1.29, 1.82) is 0 Å². The zero-order valence-corrected chi connectivity index (χ0v) is 46.0. The fourth-order valence-electron chi connectivity index (χ4n) is 11.0. The maximum absolute atomic E-state index is 2.53. The minimum Gasteiger partial charge on any atom is -0.309 e. The highest BCUT2D eigenvalue weighted by Gasteiger charge is 2.38. The fraction of sp³-hybridized carbons (Fsp3) is 0.257. The molecule has 1 aliphatic carbocycles. The number of nitrogens with zero attached hydrogens (tertiary/aromatic N) is 1. The van der Waals surface area contributed by atoms with Gasteiger partial charge in [0.25, 0.3) is 0 Å². The first-order valence-electron chi connectivity index (χ1n) is 25.8. The van der Waals surface area contributed by atoms with Gasteiger partial charge in [0.2, 0.25) is 0 Å². The third kappa shape index (κ3) is 10.6. The molecule has 0 spiro atoms. The number of hydrogen-bond donors (Lipinski definition) is 0. The third-order valence-corrected chi connectivity index (χ3v) is 14.7. The molecule has 1 nitrogen and oxygen atoms in total. The number of rotatable bonds is 5. The van der Waals surface area contributed by atoms with Crippen molar-refractivity contribution in [3.05, 3.63) is 241 Å². The molecular weight excluding hydrogens is 855 g/mol.